The lowest BCUT2D eigenvalue weighted by molar-refractivity contribution is -0.0615. The zero-order valence-electron chi connectivity index (χ0n) is 18.0. The SMILES string of the molecule is CCOC1[C@H](OS(=O)(=O)O)CC[C@H]2N=C(c3cnc(OC)nc3)c3cc(OC)ccc3[C@@H]12. The number of benzene rings is 1. The first kappa shape index (κ1) is 22.6. The molecule has 1 fully saturated rings. The largest absolute Gasteiger partial charge is 0.497 e. The number of nitrogens with zero attached hydrogens (tertiary/aromatic N) is 3. The van der Waals surface area contributed by atoms with Gasteiger partial charge in [0, 0.05) is 36.0 Å². The minimum Gasteiger partial charge on any atom is -0.497 e. The first-order chi connectivity index (χ1) is 15.3. The van der Waals surface area contributed by atoms with E-state index in [2.05, 4.69) is 9.97 Å². The molecule has 1 aliphatic heterocycles. The Morgan fingerprint density at radius 1 is 1.12 bits per heavy atom. The molecule has 0 amide bonds. The van der Waals surface area contributed by atoms with Crippen molar-refractivity contribution in [1.29, 1.82) is 0 Å². The molecule has 172 valence electrons. The van der Waals surface area contributed by atoms with E-state index in [-0.39, 0.29) is 18.0 Å². The summed E-state index contributed by atoms with van der Waals surface area (Å²) < 4.78 is 53.6. The van der Waals surface area contributed by atoms with E-state index in [1.165, 1.54) is 7.11 Å². The van der Waals surface area contributed by atoms with Crippen molar-refractivity contribution >= 4 is 16.1 Å². The molecule has 11 heteroatoms. The molecule has 1 N–H and O–H groups in total. The highest BCUT2D eigenvalue weighted by Gasteiger charge is 2.46. The van der Waals surface area contributed by atoms with Crippen molar-refractivity contribution in [3.8, 4) is 11.8 Å². The van der Waals surface area contributed by atoms with Crippen LogP contribution < -0.4 is 9.47 Å². The minimum atomic E-state index is -4.63. The first-order valence-electron chi connectivity index (χ1n) is 10.2. The average Bonchev–Trinajstić information content (AvgIpc) is 2.78. The predicted octanol–water partition coefficient (Wildman–Crippen LogP) is 2.18. The van der Waals surface area contributed by atoms with Gasteiger partial charge in [-0.25, -0.2) is 14.2 Å². The average molecular weight is 464 g/mol. The van der Waals surface area contributed by atoms with Crippen LogP contribution in [0.5, 0.6) is 11.8 Å². The van der Waals surface area contributed by atoms with Crippen LogP contribution in [-0.4, -0.2) is 67.7 Å². The van der Waals surface area contributed by atoms with Crippen LogP contribution in [0.4, 0.5) is 0 Å². The minimum absolute atomic E-state index is 0.175. The van der Waals surface area contributed by atoms with Crippen LogP contribution >= 0.6 is 0 Å². The van der Waals surface area contributed by atoms with Gasteiger partial charge in [-0.15, -0.1) is 0 Å². The molecule has 1 unspecified atom stereocenters. The summed E-state index contributed by atoms with van der Waals surface area (Å²) in [4.78, 5) is 13.4. The van der Waals surface area contributed by atoms with Gasteiger partial charge in [-0.1, -0.05) is 6.07 Å². The van der Waals surface area contributed by atoms with Crippen LogP contribution in [-0.2, 0) is 19.3 Å². The maximum Gasteiger partial charge on any atom is 0.397 e. The predicted molar refractivity (Wildman–Crippen MR) is 115 cm³/mol. The Hall–Kier alpha value is -2.60. The van der Waals surface area contributed by atoms with E-state index in [0.717, 1.165) is 16.7 Å². The molecule has 1 aromatic heterocycles. The van der Waals surface area contributed by atoms with E-state index in [1.54, 1.807) is 19.5 Å². The molecule has 1 aliphatic carbocycles. The van der Waals surface area contributed by atoms with Crippen molar-refractivity contribution in [2.45, 2.75) is 43.9 Å². The van der Waals surface area contributed by atoms with Crippen molar-refractivity contribution in [3.05, 3.63) is 47.3 Å². The number of methoxy groups -OCH3 is 2. The summed E-state index contributed by atoms with van der Waals surface area (Å²) in [5.41, 5.74) is 3.19. The van der Waals surface area contributed by atoms with Crippen molar-refractivity contribution in [2.24, 2.45) is 4.99 Å². The monoisotopic (exact) mass is 463 g/mol. The summed E-state index contributed by atoms with van der Waals surface area (Å²) >= 11 is 0. The molecular weight excluding hydrogens is 438 g/mol. The Bertz CT molecular complexity index is 1100. The molecule has 4 atom stereocenters. The molecule has 1 aromatic carbocycles. The number of aromatic nitrogens is 2. The normalized spacial score (nSPS) is 24.8. The number of aliphatic imine (C=N–C) groups is 1. The van der Waals surface area contributed by atoms with E-state index < -0.39 is 22.6 Å². The van der Waals surface area contributed by atoms with Crippen LogP contribution in [0.25, 0.3) is 0 Å². The van der Waals surface area contributed by atoms with Gasteiger partial charge >= 0.3 is 16.4 Å². The van der Waals surface area contributed by atoms with Crippen LogP contribution in [0.1, 0.15) is 42.4 Å². The van der Waals surface area contributed by atoms with E-state index in [0.29, 0.717) is 30.9 Å². The molecule has 32 heavy (non-hydrogen) atoms. The second-order valence-corrected chi connectivity index (χ2v) is 8.59. The molecule has 0 saturated heterocycles. The number of hydrogen-bond acceptors (Lipinski definition) is 9. The standard InChI is InChI=1S/C21H25N3O7S/c1-4-30-20-17(31-32(25,26)27)8-7-16-18(20)14-6-5-13(28-2)9-15(14)19(24-16)12-10-22-21(29-3)23-11-12/h5-6,9-11,16-18,20H,4,7-8H2,1-3H3,(H,25,26,27)/t16-,17-,18-,20?/m1/s1. The molecule has 0 bridgehead atoms. The third-order valence-electron chi connectivity index (χ3n) is 5.74. The number of rotatable bonds is 7. The zero-order valence-corrected chi connectivity index (χ0v) is 18.8. The Kier molecular flexibility index (Phi) is 6.42. The quantitative estimate of drug-likeness (QED) is 0.614. The van der Waals surface area contributed by atoms with Gasteiger partial charge in [0.1, 0.15) is 11.9 Å². The lowest BCUT2D eigenvalue weighted by Crippen LogP contribution is -2.48. The fraction of sp³-hybridized carbons (Fsp3) is 0.476. The lowest BCUT2D eigenvalue weighted by Gasteiger charge is -2.43. The Morgan fingerprint density at radius 3 is 2.50 bits per heavy atom. The zero-order chi connectivity index (χ0) is 22.9. The summed E-state index contributed by atoms with van der Waals surface area (Å²) in [5.74, 6) is 0.387. The molecule has 2 aromatic rings. The van der Waals surface area contributed by atoms with Gasteiger partial charge in [0.25, 0.3) is 0 Å². The van der Waals surface area contributed by atoms with Gasteiger partial charge in [-0.05, 0) is 37.5 Å². The Morgan fingerprint density at radius 2 is 1.88 bits per heavy atom. The van der Waals surface area contributed by atoms with E-state index in [1.807, 2.05) is 25.1 Å². The van der Waals surface area contributed by atoms with Crippen LogP contribution in [0.15, 0.2) is 35.6 Å². The summed E-state index contributed by atoms with van der Waals surface area (Å²) in [6.45, 7) is 2.18. The highest BCUT2D eigenvalue weighted by molar-refractivity contribution is 7.80. The van der Waals surface area contributed by atoms with Crippen LogP contribution in [0.2, 0.25) is 0 Å². The fourth-order valence-electron chi connectivity index (χ4n) is 4.49. The maximum atomic E-state index is 11.4. The van der Waals surface area contributed by atoms with Gasteiger partial charge in [0.2, 0.25) is 0 Å². The van der Waals surface area contributed by atoms with Gasteiger partial charge in [-0.3, -0.25) is 9.55 Å². The molecule has 2 aliphatic rings. The Balaban J connectivity index is 1.81. The van der Waals surface area contributed by atoms with Crippen molar-refractivity contribution < 1.29 is 31.4 Å². The molecule has 0 spiro atoms. The van der Waals surface area contributed by atoms with Gasteiger partial charge in [0.15, 0.2) is 0 Å². The van der Waals surface area contributed by atoms with Crippen LogP contribution in [0, 0.1) is 0 Å². The van der Waals surface area contributed by atoms with E-state index in [4.69, 9.17) is 23.4 Å². The molecule has 0 radical (unpaired) electrons. The van der Waals surface area contributed by atoms with E-state index >= 15 is 0 Å². The van der Waals surface area contributed by atoms with Crippen LogP contribution in [0.3, 0.4) is 0 Å². The smallest absolute Gasteiger partial charge is 0.397 e. The van der Waals surface area contributed by atoms with Crippen molar-refractivity contribution in [3.63, 3.8) is 0 Å². The van der Waals surface area contributed by atoms with E-state index in [9.17, 15) is 13.0 Å². The summed E-state index contributed by atoms with van der Waals surface area (Å²) in [5, 5.41) is 0. The van der Waals surface area contributed by atoms with Gasteiger partial charge in [0.05, 0.1) is 32.1 Å². The Labute approximate surface area is 186 Å². The third kappa shape index (κ3) is 4.46. The number of hydrogen-bond donors (Lipinski definition) is 1. The van der Waals surface area contributed by atoms with Crippen molar-refractivity contribution in [1.82, 2.24) is 9.97 Å². The molecule has 2 heterocycles. The fourth-order valence-corrected chi connectivity index (χ4v) is 5.01. The summed E-state index contributed by atoms with van der Waals surface area (Å²) in [7, 11) is -1.54. The van der Waals surface area contributed by atoms with Gasteiger partial charge in [-0.2, -0.15) is 8.42 Å². The number of ether oxygens (including phenoxy) is 3. The highest BCUT2D eigenvalue weighted by Crippen LogP contribution is 2.44. The maximum absolute atomic E-state index is 11.4. The lowest BCUT2D eigenvalue weighted by atomic mass is 9.72. The first-order valence-corrected chi connectivity index (χ1v) is 11.6. The molecule has 4 rings (SSSR count). The summed E-state index contributed by atoms with van der Waals surface area (Å²) in [6, 6.07) is 5.75. The number of fused-ring (bicyclic) bond motifs is 3. The molecular formula is C21H25N3O7S. The topological polar surface area (TPSA) is 129 Å². The second-order valence-electron chi connectivity index (χ2n) is 7.54. The molecule has 10 nitrogen and oxygen atoms in total. The van der Waals surface area contributed by atoms with Crippen molar-refractivity contribution in [2.75, 3.05) is 20.8 Å². The van der Waals surface area contributed by atoms with Gasteiger partial charge < -0.3 is 14.2 Å². The summed E-state index contributed by atoms with van der Waals surface area (Å²) in [6.07, 6.45) is 2.81. The highest BCUT2D eigenvalue weighted by atomic mass is 32.3. The third-order valence-corrected chi connectivity index (χ3v) is 6.23. The second kappa shape index (κ2) is 9.10. The molecule has 1 saturated carbocycles.